The van der Waals surface area contributed by atoms with Crippen molar-refractivity contribution in [2.24, 2.45) is 5.41 Å². The average Bonchev–Trinajstić information content (AvgIpc) is 2.13. The summed E-state index contributed by atoms with van der Waals surface area (Å²) in [5.41, 5.74) is -0.253. The molecule has 106 valence electrons. The summed E-state index contributed by atoms with van der Waals surface area (Å²) in [7, 11) is -3.25. The van der Waals surface area contributed by atoms with Crippen LogP contribution in [0.4, 0.5) is 0 Å². The highest BCUT2D eigenvalue weighted by Crippen LogP contribution is 2.27. The summed E-state index contributed by atoms with van der Waals surface area (Å²) in [6, 6.07) is -0.122. The van der Waals surface area contributed by atoms with Crippen LogP contribution >= 0.6 is 0 Å². The largest absolute Gasteiger partial charge is 0.300 e. The Bertz CT molecular complexity index is 395. The highest BCUT2D eigenvalue weighted by atomic mass is 32.2. The topological polar surface area (TPSA) is 54.5 Å². The summed E-state index contributed by atoms with van der Waals surface area (Å²) in [6.45, 7) is 7.87. The van der Waals surface area contributed by atoms with Gasteiger partial charge < -0.3 is 0 Å². The molecule has 1 aliphatic heterocycles. The van der Waals surface area contributed by atoms with E-state index in [0.29, 0.717) is 13.0 Å². The molecule has 1 fully saturated rings. The summed E-state index contributed by atoms with van der Waals surface area (Å²) >= 11 is 0. The van der Waals surface area contributed by atoms with E-state index in [-0.39, 0.29) is 23.0 Å². The maximum absolute atomic E-state index is 12.4. The van der Waals surface area contributed by atoms with Crippen LogP contribution in [0.5, 0.6) is 0 Å². The zero-order valence-electron chi connectivity index (χ0n) is 11.9. The van der Waals surface area contributed by atoms with Crippen LogP contribution in [0.3, 0.4) is 0 Å². The number of hydrogen-bond acceptors (Lipinski definition) is 3. The Hall–Kier alpha value is -0.420. The third-order valence-electron chi connectivity index (χ3n) is 3.07. The van der Waals surface area contributed by atoms with Gasteiger partial charge in [0.2, 0.25) is 10.0 Å². The monoisotopic (exact) mass is 275 g/mol. The van der Waals surface area contributed by atoms with E-state index < -0.39 is 10.0 Å². The molecule has 0 aromatic carbocycles. The minimum Gasteiger partial charge on any atom is -0.300 e. The Labute approximate surface area is 111 Å². The Kier molecular flexibility index (Phi) is 4.95. The van der Waals surface area contributed by atoms with Crippen LogP contribution in [0, 0.1) is 5.41 Å². The van der Waals surface area contributed by atoms with Gasteiger partial charge in [0.15, 0.2) is 0 Å². The van der Waals surface area contributed by atoms with Crippen molar-refractivity contribution in [2.45, 2.75) is 59.4 Å². The van der Waals surface area contributed by atoms with E-state index in [0.717, 1.165) is 19.3 Å². The van der Waals surface area contributed by atoms with Crippen molar-refractivity contribution in [3.05, 3.63) is 0 Å². The molecule has 1 heterocycles. The van der Waals surface area contributed by atoms with Crippen molar-refractivity contribution < 1.29 is 13.2 Å². The number of piperidine rings is 1. The predicted molar refractivity (Wildman–Crippen MR) is 72.9 cm³/mol. The molecule has 0 aromatic heterocycles. The molecule has 1 unspecified atom stereocenters. The third kappa shape index (κ3) is 4.69. The van der Waals surface area contributed by atoms with Gasteiger partial charge in [-0.2, -0.15) is 4.31 Å². The molecule has 18 heavy (non-hydrogen) atoms. The SMILES string of the molecule is CC(=O)CC1CCCCN1S(=O)(=O)CC(C)(C)C. The van der Waals surface area contributed by atoms with Gasteiger partial charge in [0.25, 0.3) is 0 Å². The van der Waals surface area contributed by atoms with Gasteiger partial charge in [0.05, 0.1) is 5.75 Å². The van der Waals surface area contributed by atoms with E-state index >= 15 is 0 Å². The van der Waals surface area contributed by atoms with E-state index in [2.05, 4.69) is 0 Å². The maximum atomic E-state index is 12.4. The molecule has 0 amide bonds. The van der Waals surface area contributed by atoms with Crippen LogP contribution in [0.1, 0.15) is 53.4 Å². The van der Waals surface area contributed by atoms with E-state index in [4.69, 9.17) is 0 Å². The summed E-state index contributed by atoms with van der Waals surface area (Å²) in [5.74, 6) is 0.215. The summed E-state index contributed by atoms with van der Waals surface area (Å²) in [5, 5.41) is 0. The lowest BCUT2D eigenvalue weighted by atomic mass is 10.0. The molecule has 0 radical (unpaired) electrons. The number of rotatable bonds is 4. The quantitative estimate of drug-likeness (QED) is 0.790. The molecule has 1 aliphatic rings. The van der Waals surface area contributed by atoms with Crippen molar-refractivity contribution in [2.75, 3.05) is 12.3 Å². The second-order valence-corrected chi connectivity index (χ2v) is 8.40. The maximum Gasteiger partial charge on any atom is 0.214 e. The molecule has 0 aromatic rings. The van der Waals surface area contributed by atoms with Crippen molar-refractivity contribution in [3.8, 4) is 0 Å². The van der Waals surface area contributed by atoms with Gasteiger partial charge in [-0.25, -0.2) is 8.42 Å². The fourth-order valence-corrected chi connectivity index (χ4v) is 4.81. The van der Waals surface area contributed by atoms with Gasteiger partial charge >= 0.3 is 0 Å². The number of hydrogen-bond donors (Lipinski definition) is 0. The molecule has 0 spiro atoms. The molecule has 1 atom stereocenters. The molecule has 0 saturated carbocycles. The normalized spacial score (nSPS) is 23.0. The van der Waals surface area contributed by atoms with Gasteiger partial charge in [-0.3, -0.25) is 4.79 Å². The lowest BCUT2D eigenvalue weighted by molar-refractivity contribution is -0.118. The number of sulfonamides is 1. The van der Waals surface area contributed by atoms with Gasteiger partial charge in [0, 0.05) is 19.0 Å². The molecular formula is C13H25NO3S. The van der Waals surface area contributed by atoms with Crippen molar-refractivity contribution in [1.82, 2.24) is 4.31 Å². The fourth-order valence-electron chi connectivity index (χ4n) is 2.51. The minimum absolute atomic E-state index is 0.0675. The highest BCUT2D eigenvalue weighted by Gasteiger charge is 2.35. The second kappa shape index (κ2) is 5.70. The van der Waals surface area contributed by atoms with Gasteiger partial charge in [-0.05, 0) is 25.2 Å². The summed E-state index contributed by atoms with van der Waals surface area (Å²) in [4.78, 5) is 11.2. The lowest BCUT2D eigenvalue weighted by Crippen LogP contribution is -2.47. The van der Waals surface area contributed by atoms with Gasteiger partial charge in [-0.15, -0.1) is 0 Å². The third-order valence-corrected chi connectivity index (χ3v) is 5.50. The highest BCUT2D eigenvalue weighted by molar-refractivity contribution is 7.89. The van der Waals surface area contributed by atoms with E-state index in [1.54, 1.807) is 4.31 Å². The first-order chi connectivity index (χ1) is 8.12. The van der Waals surface area contributed by atoms with Crippen LogP contribution < -0.4 is 0 Å². The summed E-state index contributed by atoms with van der Waals surface area (Å²) in [6.07, 6.45) is 3.07. The van der Waals surface area contributed by atoms with E-state index in [1.165, 1.54) is 6.92 Å². The Balaban J connectivity index is 2.85. The van der Waals surface area contributed by atoms with Crippen molar-refractivity contribution in [3.63, 3.8) is 0 Å². The van der Waals surface area contributed by atoms with Crippen LogP contribution in [-0.2, 0) is 14.8 Å². The van der Waals surface area contributed by atoms with Crippen molar-refractivity contribution in [1.29, 1.82) is 0 Å². The number of carbonyl (C=O) groups is 1. The number of nitrogens with zero attached hydrogens (tertiary/aromatic N) is 1. The number of carbonyl (C=O) groups excluding carboxylic acids is 1. The average molecular weight is 275 g/mol. The molecule has 1 saturated heterocycles. The molecule has 5 heteroatoms. The summed E-state index contributed by atoms with van der Waals surface area (Å²) < 4.78 is 26.4. The number of ketones is 1. The lowest BCUT2D eigenvalue weighted by Gasteiger charge is -2.36. The Morgan fingerprint density at radius 2 is 1.89 bits per heavy atom. The molecule has 0 bridgehead atoms. The minimum atomic E-state index is -3.25. The molecule has 1 rings (SSSR count). The first kappa shape index (κ1) is 15.6. The zero-order chi connectivity index (χ0) is 14.0. The number of Topliss-reactive ketones (excluding diaryl/α,β-unsaturated/α-hetero) is 1. The fraction of sp³-hybridized carbons (Fsp3) is 0.923. The van der Waals surface area contributed by atoms with Crippen LogP contribution in [0.25, 0.3) is 0 Å². The molecular weight excluding hydrogens is 250 g/mol. The molecule has 4 nitrogen and oxygen atoms in total. The van der Waals surface area contributed by atoms with E-state index in [9.17, 15) is 13.2 Å². The first-order valence-electron chi connectivity index (χ1n) is 6.61. The Morgan fingerprint density at radius 1 is 1.28 bits per heavy atom. The smallest absolute Gasteiger partial charge is 0.214 e. The van der Waals surface area contributed by atoms with Gasteiger partial charge in [0.1, 0.15) is 5.78 Å². The van der Waals surface area contributed by atoms with Crippen LogP contribution in [-0.4, -0.2) is 36.8 Å². The predicted octanol–water partition coefficient (Wildman–Crippen LogP) is 2.20. The zero-order valence-corrected chi connectivity index (χ0v) is 12.7. The Morgan fingerprint density at radius 3 is 2.39 bits per heavy atom. The second-order valence-electron chi connectivity index (χ2n) is 6.48. The van der Waals surface area contributed by atoms with Crippen LogP contribution in [0.15, 0.2) is 0 Å². The van der Waals surface area contributed by atoms with Crippen LogP contribution in [0.2, 0.25) is 0 Å². The van der Waals surface area contributed by atoms with Gasteiger partial charge in [-0.1, -0.05) is 27.2 Å². The van der Waals surface area contributed by atoms with Crippen molar-refractivity contribution >= 4 is 15.8 Å². The molecule has 0 aliphatic carbocycles. The standard InChI is InChI=1S/C13H25NO3S/c1-11(15)9-12-7-5-6-8-14(12)18(16,17)10-13(2,3)4/h12H,5-10H2,1-4H3. The molecule has 0 N–H and O–H groups in total. The van der Waals surface area contributed by atoms with E-state index in [1.807, 2.05) is 20.8 Å². The first-order valence-corrected chi connectivity index (χ1v) is 8.22.